The average molecular weight is 277 g/mol. The molecule has 106 valence electrons. The molecule has 1 atom stereocenters. The average Bonchev–Trinajstić information content (AvgIpc) is 2.91. The minimum Gasteiger partial charge on any atom is -0.507 e. The summed E-state index contributed by atoms with van der Waals surface area (Å²) >= 11 is 0. The minimum atomic E-state index is -0.424. The highest BCUT2D eigenvalue weighted by Gasteiger charge is 2.20. The quantitative estimate of drug-likeness (QED) is 0.766. The summed E-state index contributed by atoms with van der Waals surface area (Å²) in [6, 6.07) is 4.11. The highest BCUT2D eigenvalue weighted by atomic mass is 19.1. The van der Waals surface area contributed by atoms with Crippen molar-refractivity contribution in [3.05, 3.63) is 24.0 Å². The molecular formula is C13H16FN5O. The van der Waals surface area contributed by atoms with E-state index in [0.717, 1.165) is 19.6 Å². The van der Waals surface area contributed by atoms with E-state index in [-0.39, 0.29) is 5.75 Å². The van der Waals surface area contributed by atoms with Gasteiger partial charge in [0.05, 0.1) is 5.56 Å². The summed E-state index contributed by atoms with van der Waals surface area (Å²) < 4.78 is 13.3. The molecule has 1 aromatic heterocycles. The van der Waals surface area contributed by atoms with Gasteiger partial charge in [-0.1, -0.05) is 0 Å². The number of aromatic amines is 1. The highest BCUT2D eigenvalue weighted by molar-refractivity contribution is 5.64. The van der Waals surface area contributed by atoms with Crippen molar-refractivity contribution in [3.63, 3.8) is 0 Å². The number of phenolic OH excluding ortho intramolecular Hbond substituents is 1. The number of nitrogens with zero attached hydrogens (tertiary/aromatic N) is 3. The Labute approximate surface area is 115 Å². The van der Waals surface area contributed by atoms with Gasteiger partial charge in [0.2, 0.25) is 5.95 Å². The number of nitrogens with one attached hydrogen (secondary N) is 2. The fourth-order valence-electron chi connectivity index (χ4n) is 2.33. The van der Waals surface area contributed by atoms with Crippen LogP contribution in [0.5, 0.6) is 5.75 Å². The number of piperazine rings is 1. The monoisotopic (exact) mass is 277 g/mol. The summed E-state index contributed by atoms with van der Waals surface area (Å²) in [5, 5.41) is 20.0. The van der Waals surface area contributed by atoms with Crippen molar-refractivity contribution in [1.29, 1.82) is 0 Å². The lowest BCUT2D eigenvalue weighted by atomic mass is 10.2. The number of benzene rings is 1. The number of rotatable bonds is 2. The number of aromatic nitrogens is 3. The van der Waals surface area contributed by atoms with Crippen LogP contribution in [-0.4, -0.2) is 46.0 Å². The molecule has 0 radical (unpaired) electrons. The molecule has 0 aliphatic carbocycles. The van der Waals surface area contributed by atoms with Crippen molar-refractivity contribution >= 4 is 5.95 Å². The normalized spacial score (nSPS) is 19.3. The molecule has 1 saturated heterocycles. The number of halogens is 1. The lowest BCUT2D eigenvalue weighted by molar-refractivity contribution is 0.474. The van der Waals surface area contributed by atoms with Gasteiger partial charge in [-0.05, 0) is 25.1 Å². The minimum absolute atomic E-state index is 0.0252. The Morgan fingerprint density at radius 1 is 1.45 bits per heavy atom. The molecule has 7 heteroatoms. The SMILES string of the molecule is CC1CN(c2n[nH]c(-c3cc(F)ccc3O)n2)CCN1. The fourth-order valence-corrected chi connectivity index (χ4v) is 2.33. The number of hydrogen-bond donors (Lipinski definition) is 3. The third-order valence-corrected chi connectivity index (χ3v) is 3.34. The lowest BCUT2D eigenvalue weighted by Gasteiger charge is -2.30. The first-order valence-electron chi connectivity index (χ1n) is 6.53. The molecule has 0 bridgehead atoms. The summed E-state index contributed by atoms with van der Waals surface area (Å²) in [5.74, 6) is 0.481. The molecule has 20 heavy (non-hydrogen) atoms. The van der Waals surface area contributed by atoms with E-state index in [2.05, 4.69) is 32.3 Å². The van der Waals surface area contributed by atoms with Crippen molar-refractivity contribution in [1.82, 2.24) is 20.5 Å². The number of phenols is 1. The molecule has 1 aromatic carbocycles. The molecular weight excluding hydrogens is 261 g/mol. The van der Waals surface area contributed by atoms with Crippen LogP contribution in [0.1, 0.15) is 6.92 Å². The molecule has 1 unspecified atom stereocenters. The van der Waals surface area contributed by atoms with Gasteiger partial charge in [-0.3, -0.25) is 5.10 Å². The molecule has 3 rings (SSSR count). The summed E-state index contributed by atoms with van der Waals surface area (Å²) in [4.78, 5) is 6.40. The molecule has 3 N–H and O–H groups in total. The zero-order valence-corrected chi connectivity index (χ0v) is 11.1. The second-order valence-electron chi connectivity index (χ2n) is 4.95. The van der Waals surface area contributed by atoms with Crippen LogP contribution in [0.15, 0.2) is 18.2 Å². The Morgan fingerprint density at radius 2 is 2.30 bits per heavy atom. The molecule has 2 aromatic rings. The van der Waals surface area contributed by atoms with Crippen LogP contribution in [0.4, 0.5) is 10.3 Å². The van der Waals surface area contributed by atoms with Crippen molar-refractivity contribution in [2.45, 2.75) is 13.0 Å². The molecule has 0 amide bonds. The second kappa shape index (κ2) is 5.09. The topological polar surface area (TPSA) is 77.1 Å². The number of hydrogen-bond acceptors (Lipinski definition) is 5. The first kappa shape index (κ1) is 12.9. The van der Waals surface area contributed by atoms with Gasteiger partial charge in [0.25, 0.3) is 0 Å². The smallest absolute Gasteiger partial charge is 0.245 e. The van der Waals surface area contributed by atoms with Crippen molar-refractivity contribution in [3.8, 4) is 17.1 Å². The standard InChI is InChI=1S/C13H16FN5O/c1-8-7-19(5-4-15-8)13-16-12(17-18-13)10-6-9(14)2-3-11(10)20/h2-3,6,8,15,20H,4-5,7H2,1H3,(H,16,17,18). The lowest BCUT2D eigenvalue weighted by Crippen LogP contribution is -2.49. The second-order valence-corrected chi connectivity index (χ2v) is 4.95. The van der Waals surface area contributed by atoms with Gasteiger partial charge in [0.15, 0.2) is 5.82 Å². The molecule has 1 aliphatic heterocycles. The van der Waals surface area contributed by atoms with Crippen LogP contribution in [0.2, 0.25) is 0 Å². The number of aromatic hydroxyl groups is 1. The fraction of sp³-hybridized carbons (Fsp3) is 0.385. The third kappa shape index (κ3) is 2.44. The Morgan fingerprint density at radius 3 is 3.10 bits per heavy atom. The van der Waals surface area contributed by atoms with E-state index in [4.69, 9.17) is 0 Å². The first-order valence-corrected chi connectivity index (χ1v) is 6.53. The van der Waals surface area contributed by atoms with E-state index in [0.29, 0.717) is 23.4 Å². The van der Waals surface area contributed by atoms with Crippen molar-refractivity contribution in [2.75, 3.05) is 24.5 Å². The Hall–Kier alpha value is -2.15. The van der Waals surface area contributed by atoms with Crippen LogP contribution in [0.25, 0.3) is 11.4 Å². The molecule has 2 heterocycles. The zero-order valence-electron chi connectivity index (χ0n) is 11.1. The molecule has 1 fully saturated rings. The maximum atomic E-state index is 13.3. The maximum absolute atomic E-state index is 13.3. The van der Waals surface area contributed by atoms with E-state index in [1.807, 2.05) is 0 Å². The Balaban J connectivity index is 1.88. The van der Waals surface area contributed by atoms with Crippen molar-refractivity contribution in [2.24, 2.45) is 0 Å². The van der Waals surface area contributed by atoms with Gasteiger partial charge < -0.3 is 15.3 Å². The summed E-state index contributed by atoms with van der Waals surface area (Å²) in [6.07, 6.45) is 0. The third-order valence-electron chi connectivity index (χ3n) is 3.34. The largest absolute Gasteiger partial charge is 0.507 e. The van der Waals surface area contributed by atoms with E-state index in [1.54, 1.807) is 0 Å². The predicted molar refractivity (Wildman–Crippen MR) is 73.1 cm³/mol. The van der Waals surface area contributed by atoms with Gasteiger partial charge in [-0.25, -0.2) is 4.39 Å². The van der Waals surface area contributed by atoms with Gasteiger partial charge >= 0.3 is 0 Å². The number of H-pyrrole nitrogens is 1. The highest BCUT2D eigenvalue weighted by Crippen LogP contribution is 2.28. The predicted octanol–water partition coefficient (Wildman–Crippen LogP) is 1.11. The summed E-state index contributed by atoms with van der Waals surface area (Å²) in [6.45, 7) is 4.59. The summed E-state index contributed by atoms with van der Waals surface area (Å²) in [7, 11) is 0. The van der Waals surface area contributed by atoms with Gasteiger partial charge in [-0.15, -0.1) is 5.10 Å². The van der Waals surface area contributed by atoms with E-state index < -0.39 is 5.82 Å². The van der Waals surface area contributed by atoms with Crippen LogP contribution in [0, 0.1) is 5.82 Å². The maximum Gasteiger partial charge on any atom is 0.245 e. The molecule has 0 spiro atoms. The van der Waals surface area contributed by atoms with Crippen molar-refractivity contribution < 1.29 is 9.50 Å². The summed E-state index contributed by atoms with van der Waals surface area (Å²) in [5.41, 5.74) is 0.312. The van der Waals surface area contributed by atoms with E-state index in [1.165, 1.54) is 18.2 Å². The first-order chi connectivity index (χ1) is 9.63. The Bertz CT molecular complexity index is 615. The zero-order chi connectivity index (χ0) is 14.1. The molecule has 6 nitrogen and oxygen atoms in total. The van der Waals surface area contributed by atoms with Gasteiger partial charge in [0.1, 0.15) is 11.6 Å². The number of anilines is 1. The van der Waals surface area contributed by atoms with Crippen LogP contribution in [0.3, 0.4) is 0 Å². The molecule has 0 saturated carbocycles. The Kier molecular flexibility index (Phi) is 3.27. The van der Waals surface area contributed by atoms with Crippen LogP contribution in [-0.2, 0) is 0 Å². The van der Waals surface area contributed by atoms with Crippen LogP contribution < -0.4 is 10.2 Å². The van der Waals surface area contributed by atoms with E-state index in [9.17, 15) is 9.50 Å². The van der Waals surface area contributed by atoms with E-state index >= 15 is 0 Å². The molecule has 1 aliphatic rings. The van der Waals surface area contributed by atoms with Crippen LogP contribution >= 0.6 is 0 Å². The van der Waals surface area contributed by atoms with Gasteiger partial charge in [-0.2, -0.15) is 4.98 Å². The van der Waals surface area contributed by atoms with Gasteiger partial charge in [0, 0.05) is 25.7 Å².